The summed E-state index contributed by atoms with van der Waals surface area (Å²) in [5.74, 6) is 0.502. The summed E-state index contributed by atoms with van der Waals surface area (Å²) >= 11 is 0. The molecule has 22 heavy (non-hydrogen) atoms. The molecule has 1 rings (SSSR count). The highest BCUT2D eigenvalue weighted by Crippen LogP contribution is 2.25. The predicted molar refractivity (Wildman–Crippen MR) is 90.6 cm³/mol. The van der Waals surface area contributed by atoms with Crippen LogP contribution in [-0.2, 0) is 0 Å². The van der Waals surface area contributed by atoms with Crippen molar-refractivity contribution in [2.24, 2.45) is 0 Å². The van der Waals surface area contributed by atoms with Gasteiger partial charge < -0.3 is 9.15 Å². The van der Waals surface area contributed by atoms with Crippen molar-refractivity contribution in [2.45, 2.75) is 91.1 Å². The minimum Gasteiger partial charge on any atom is -0.461 e. The monoisotopic (exact) mass is 308 g/mol. The van der Waals surface area contributed by atoms with Crippen molar-refractivity contribution in [3.05, 3.63) is 17.9 Å². The minimum absolute atomic E-state index is 0.0842. The third kappa shape index (κ3) is 6.67. The Morgan fingerprint density at radius 3 is 2.41 bits per heavy atom. The highest BCUT2D eigenvalue weighted by molar-refractivity contribution is 5.97. The van der Waals surface area contributed by atoms with Crippen molar-refractivity contribution in [3.8, 4) is 5.95 Å². The van der Waals surface area contributed by atoms with Crippen LogP contribution in [0, 0.1) is 0 Å². The molecule has 0 saturated heterocycles. The van der Waals surface area contributed by atoms with E-state index in [2.05, 4.69) is 13.8 Å². The first-order chi connectivity index (χ1) is 10.7. The summed E-state index contributed by atoms with van der Waals surface area (Å²) < 4.78 is 11.4. The van der Waals surface area contributed by atoms with E-state index in [1.165, 1.54) is 32.1 Å². The van der Waals surface area contributed by atoms with E-state index in [4.69, 9.17) is 9.15 Å². The molecule has 0 bridgehead atoms. The van der Waals surface area contributed by atoms with Gasteiger partial charge in [-0.2, -0.15) is 0 Å². The van der Waals surface area contributed by atoms with Crippen LogP contribution in [0.25, 0.3) is 0 Å². The lowest BCUT2D eigenvalue weighted by Gasteiger charge is -2.18. The summed E-state index contributed by atoms with van der Waals surface area (Å²) in [5, 5.41) is 0. The molecule has 0 aromatic carbocycles. The summed E-state index contributed by atoms with van der Waals surface area (Å²) in [5.41, 5.74) is 0.593. The van der Waals surface area contributed by atoms with Crippen molar-refractivity contribution in [3.63, 3.8) is 0 Å². The zero-order valence-electron chi connectivity index (χ0n) is 14.5. The molecule has 1 atom stereocenters. The van der Waals surface area contributed by atoms with Crippen LogP contribution < -0.4 is 4.74 Å². The van der Waals surface area contributed by atoms with Crippen LogP contribution in [0.2, 0.25) is 0 Å². The number of carbonyl (C=O) groups excluding carboxylic acids is 1. The van der Waals surface area contributed by atoms with Crippen LogP contribution in [0.5, 0.6) is 5.95 Å². The molecule has 0 aliphatic heterocycles. The van der Waals surface area contributed by atoms with Gasteiger partial charge in [0.05, 0.1) is 6.26 Å². The van der Waals surface area contributed by atoms with Gasteiger partial charge in [0.15, 0.2) is 5.78 Å². The number of ether oxygens (including phenoxy) is 1. The maximum atomic E-state index is 11.9. The molecular formula is C19H32O3. The Balaban J connectivity index is 2.53. The Kier molecular flexibility index (Phi) is 9.69. The van der Waals surface area contributed by atoms with Gasteiger partial charge in [-0.05, 0) is 25.3 Å². The van der Waals surface area contributed by atoms with Gasteiger partial charge in [-0.1, -0.05) is 59.3 Å². The zero-order chi connectivity index (χ0) is 16.2. The lowest BCUT2D eigenvalue weighted by atomic mass is 10.0. The Labute approximate surface area is 135 Å². The molecule has 126 valence electrons. The molecule has 3 heteroatoms. The van der Waals surface area contributed by atoms with Gasteiger partial charge in [0.25, 0.3) is 5.95 Å². The largest absolute Gasteiger partial charge is 0.461 e. The normalized spacial score (nSPS) is 12.3. The van der Waals surface area contributed by atoms with Crippen LogP contribution >= 0.6 is 0 Å². The third-order valence-electron chi connectivity index (χ3n) is 4.03. The summed E-state index contributed by atoms with van der Waals surface area (Å²) in [6.07, 6.45) is 12.9. The van der Waals surface area contributed by atoms with Crippen LogP contribution in [0.15, 0.2) is 16.7 Å². The van der Waals surface area contributed by atoms with Crippen molar-refractivity contribution >= 4 is 5.78 Å². The molecule has 0 saturated carbocycles. The van der Waals surface area contributed by atoms with Crippen molar-refractivity contribution in [2.75, 3.05) is 0 Å². The summed E-state index contributed by atoms with van der Waals surface area (Å²) in [7, 11) is 0. The van der Waals surface area contributed by atoms with Gasteiger partial charge >= 0.3 is 0 Å². The second kappa shape index (κ2) is 11.3. The molecule has 0 fully saturated rings. The van der Waals surface area contributed by atoms with Crippen LogP contribution in [0.1, 0.15) is 95.3 Å². The van der Waals surface area contributed by atoms with Crippen LogP contribution in [0.4, 0.5) is 0 Å². The Bertz CT molecular complexity index is 409. The van der Waals surface area contributed by atoms with E-state index in [1.807, 2.05) is 6.92 Å². The van der Waals surface area contributed by atoms with Gasteiger partial charge in [0.2, 0.25) is 0 Å². The van der Waals surface area contributed by atoms with Gasteiger partial charge in [0, 0.05) is 6.42 Å². The molecule has 0 aliphatic rings. The van der Waals surface area contributed by atoms with E-state index in [0.717, 1.165) is 25.7 Å². The first kappa shape index (κ1) is 18.8. The van der Waals surface area contributed by atoms with E-state index in [0.29, 0.717) is 17.9 Å². The van der Waals surface area contributed by atoms with Gasteiger partial charge in [-0.3, -0.25) is 4.79 Å². The molecule has 0 amide bonds. The average molecular weight is 308 g/mol. The van der Waals surface area contributed by atoms with Gasteiger partial charge in [0.1, 0.15) is 11.7 Å². The molecule has 0 N–H and O–H groups in total. The van der Waals surface area contributed by atoms with Crippen LogP contribution in [0.3, 0.4) is 0 Å². The van der Waals surface area contributed by atoms with E-state index >= 15 is 0 Å². The van der Waals surface area contributed by atoms with E-state index in [-0.39, 0.29) is 11.9 Å². The van der Waals surface area contributed by atoms with Crippen LogP contribution in [-0.4, -0.2) is 11.9 Å². The fourth-order valence-electron chi connectivity index (χ4n) is 2.60. The molecule has 1 aromatic heterocycles. The van der Waals surface area contributed by atoms with Crippen molar-refractivity contribution < 1.29 is 13.9 Å². The number of hydrogen-bond acceptors (Lipinski definition) is 3. The second-order valence-corrected chi connectivity index (χ2v) is 5.98. The lowest BCUT2D eigenvalue weighted by Crippen LogP contribution is -2.17. The molecule has 1 aromatic rings. The smallest absolute Gasteiger partial charge is 0.295 e. The number of hydrogen-bond donors (Lipinski definition) is 0. The predicted octanol–water partition coefficient (Wildman–Crippen LogP) is 6.17. The number of carbonyl (C=O) groups is 1. The Morgan fingerprint density at radius 2 is 1.73 bits per heavy atom. The average Bonchev–Trinajstić information content (AvgIpc) is 2.99. The molecule has 1 unspecified atom stereocenters. The number of ketones is 1. The molecule has 3 nitrogen and oxygen atoms in total. The van der Waals surface area contributed by atoms with Crippen molar-refractivity contribution in [1.82, 2.24) is 0 Å². The maximum Gasteiger partial charge on any atom is 0.295 e. The second-order valence-electron chi connectivity index (χ2n) is 5.98. The number of furan rings is 1. The molecular weight excluding hydrogens is 276 g/mol. The van der Waals surface area contributed by atoms with Gasteiger partial charge in [-0.15, -0.1) is 0 Å². The third-order valence-corrected chi connectivity index (χ3v) is 4.03. The summed E-state index contributed by atoms with van der Waals surface area (Å²) in [6, 6.07) is 1.72. The first-order valence-corrected chi connectivity index (χ1v) is 9.00. The Hall–Kier alpha value is -1.25. The summed E-state index contributed by atoms with van der Waals surface area (Å²) in [4.78, 5) is 11.9. The zero-order valence-corrected chi connectivity index (χ0v) is 14.5. The standard InChI is InChI=1S/C19H32O3/c1-4-7-9-10-11-13-16(12-8-5-2)22-19-17(14-15-21-19)18(20)6-3/h14-16H,4-13H2,1-3H3. The van der Waals surface area contributed by atoms with E-state index in [9.17, 15) is 4.79 Å². The number of rotatable bonds is 13. The molecule has 0 radical (unpaired) electrons. The lowest BCUT2D eigenvalue weighted by molar-refractivity contribution is 0.0963. The fourth-order valence-corrected chi connectivity index (χ4v) is 2.60. The number of Topliss-reactive ketones (excluding diaryl/α,β-unsaturated/α-hetero) is 1. The fraction of sp³-hybridized carbons (Fsp3) is 0.737. The van der Waals surface area contributed by atoms with Crippen molar-refractivity contribution in [1.29, 1.82) is 0 Å². The minimum atomic E-state index is 0.0842. The van der Waals surface area contributed by atoms with E-state index in [1.54, 1.807) is 12.3 Å². The molecule has 0 spiro atoms. The van der Waals surface area contributed by atoms with Gasteiger partial charge in [-0.25, -0.2) is 0 Å². The number of unbranched alkanes of at least 4 members (excludes halogenated alkanes) is 5. The maximum absolute atomic E-state index is 11.9. The quantitative estimate of drug-likeness (QED) is 0.323. The SMILES string of the molecule is CCCCCCCC(CCCC)Oc1occc1C(=O)CC. The Morgan fingerprint density at radius 1 is 1.05 bits per heavy atom. The highest BCUT2D eigenvalue weighted by Gasteiger charge is 2.18. The first-order valence-electron chi connectivity index (χ1n) is 9.00. The molecule has 0 aliphatic carbocycles. The summed E-state index contributed by atoms with van der Waals surface area (Å²) in [6.45, 7) is 6.29. The topological polar surface area (TPSA) is 39.4 Å². The molecule has 1 heterocycles. The van der Waals surface area contributed by atoms with E-state index < -0.39 is 0 Å². The highest BCUT2D eigenvalue weighted by atomic mass is 16.6.